The topological polar surface area (TPSA) is 38.8 Å². The molecule has 1 aliphatic rings. The Labute approximate surface area is 73.2 Å². The summed E-state index contributed by atoms with van der Waals surface area (Å²) in [5, 5.41) is 0. The van der Waals surface area contributed by atoms with Gasteiger partial charge < -0.3 is 9.47 Å². The van der Waals surface area contributed by atoms with Gasteiger partial charge in [-0.25, -0.2) is 0 Å². The van der Waals surface area contributed by atoms with Crippen molar-refractivity contribution in [3.8, 4) is 10.8 Å². The summed E-state index contributed by atoms with van der Waals surface area (Å²) in [6.07, 6.45) is -0.0855. The average molecular weight is 219 g/mol. The van der Waals surface area contributed by atoms with Crippen LogP contribution in [-0.2, 0) is 14.3 Å². The SMILES string of the molecule is CC(=O)OCC1OC1C#CBr. The molecule has 2 atom stereocenters. The number of ether oxygens (including phenoxy) is 2. The highest BCUT2D eigenvalue weighted by Crippen LogP contribution is 2.21. The Kier molecular flexibility index (Phi) is 2.92. The fraction of sp³-hybridized carbons (Fsp3) is 0.571. The normalized spacial score (nSPS) is 26.7. The first kappa shape index (κ1) is 8.57. The Morgan fingerprint density at radius 1 is 1.82 bits per heavy atom. The van der Waals surface area contributed by atoms with Gasteiger partial charge in [0.1, 0.15) is 18.8 Å². The minimum absolute atomic E-state index is 0.0241. The minimum Gasteiger partial charge on any atom is -0.463 e. The van der Waals surface area contributed by atoms with E-state index in [-0.39, 0.29) is 18.2 Å². The maximum Gasteiger partial charge on any atom is 0.302 e. The van der Waals surface area contributed by atoms with Crippen LogP contribution in [0.1, 0.15) is 6.92 Å². The molecule has 0 aliphatic carbocycles. The van der Waals surface area contributed by atoms with Crippen LogP contribution in [0.25, 0.3) is 0 Å². The third-order valence-corrected chi connectivity index (χ3v) is 1.46. The molecule has 0 spiro atoms. The lowest BCUT2D eigenvalue weighted by Gasteiger charge is -1.94. The Hall–Kier alpha value is -0.530. The highest BCUT2D eigenvalue weighted by Gasteiger charge is 2.38. The van der Waals surface area contributed by atoms with Crippen molar-refractivity contribution in [3.63, 3.8) is 0 Å². The molecule has 0 amide bonds. The molecule has 0 saturated carbocycles. The summed E-state index contributed by atoms with van der Waals surface area (Å²) in [5.74, 6) is 2.46. The summed E-state index contributed by atoms with van der Waals surface area (Å²) in [6.45, 7) is 1.68. The first-order chi connectivity index (χ1) is 5.24. The van der Waals surface area contributed by atoms with E-state index in [1.165, 1.54) is 6.92 Å². The molecule has 1 rings (SSSR count). The molecule has 0 aromatic rings. The summed E-state index contributed by atoms with van der Waals surface area (Å²) in [6, 6.07) is 0. The number of epoxide rings is 1. The third kappa shape index (κ3) is 2.91. The Morgan fingerprint density at radius 3 is 3.09 bits per heavy atom. The molecule has 2 unspecified atom stereocenters. The number of hydrogen-bond acceptors (Lipinski definition) is 3. The molecule has 4 heteroatoms. The van der Waals surface area contributed by atoms with E-state index in [1.54, 1.807) is 0 Å². The van der Waals surface area contributed by atoms with E-state index in [0.717, 1.165) is 0 Å². The largest absolute Gasteiger partial charge is 0.463 e. The van der Waals surface area contributed by atoms with Crippen LogP contribution in [0.2, 0.25) is 0 Å². The Bertz CT molecular complexity index is 215. The molecule has 0 radical (unpaired) electrons. The van der Waals surface area contributed by atoms with Crippen molar-refractivity contribution in [1.29, 1.82) is 0 Å². The van der Waals surface area contributed by atoms with Crippen molar-refractivity contribution in [3.05, 3.63) is 0 Å². The molecule has 0 bridgehead atoms. The van der Waals surface area contributed by atoms with E-state index in [4.69, 9.17) is 9.47 Å². The van der Waals surface area contributed by atoms with E-state index >= 15 is 0 Å². The van der Waals surface area contributed by atoms with Crippen molar-refractivity contribution in [1.82, 2.24) is 0 Å². The monoisotopic (exact) mass is 218 g/mol. The molecule has 0 N–H and O–H groups in total. The van der Waals surface area contributed by atoms with E-state index in [2.05, 4.69) is 26.7 Å². The zero-order valence-electron chi connectivity index (χ0n) is 5.96. The molecular formula is C7H7BrO3. The predicted molar refractivity (Wildman–Crippen MR) is 42.0 cm³/mol. The van der Waals surface area contributed by atoms with Gasteiger partial charge in [-0.1, -0.05) is 5.92 Å². The fourth-order valence-electron chi connectivity index (χ4n) is 0.650. The van der Waals surface area contributed by atoms with E-state index in [0.29, 0.717) is 6.61 Å². The van der Waals surface area contributed by atoms with E-state index in [9.17, 15) is 4.79 Å². The van der Waals surface area contributed by atoms with E-state index in [1.807, 2.05) is 0 Å². The number of esters is 1. The maximum atomic E-state index is 10.3. The summed E-state index contributed by atoms with van der Waals surface area (Å²) >= 11 is 2.95. The second kappa shape index (κ2) is 3.74. The van der Waals surface area contributed by atoms with Gasteiger partial charge in [-0.15, -0.1) is 0 Å². The quantitative estimate of drug-likeness (QED) is 0.389. The van der Waals surface area contributed by atoms with Crippen molar-refractivity contribution in [2.24, 2.45) is 0 Å². The highest BCUT2D eigenvalue weighted by atomic mass is 79.9. The minimum atomic E-state index is -0.286. The Morgan fingerprint density at radius 2 is 2.55 bits per heavy atom. The lowest BCUT2D eigenvalue weighted by Crippen LogP contribution is -2.07. The first-order valence-corrected chi connectivity index (χ1v) is 3.93. The third-order valence-electron chi connectivity index (χ3n) is 1.23. The summed E-state index contributed by atoms with van der Waals surface area (Å²) in [4.78, 5) is 12.9. The van der Waals surface area contributed by atoms with Crippen LogP contribution in [0.3, 0.4) is 0 Å². The number of rotatable bonds is 2. The number of carbonyl (C=O) groups excluding carboxylic acids is 1. The molecular weight excluding hydrogens is 212 g/mol. The van der Waals surface area contributed by atoms with Gasteiger partial charge in [0, 0.05) is 22.9 Å². The van der Waals surface area contributed by atoms with E-state index < -0.39 is 0 Å². The van der Waals surface area contributed by atoms with Gasteiger partial charge in [0.2, 0.25) is 0 Å². The maximum absolute atomic E-state index is 10.3. The van der Waals surface area contributed by atoms with Gasteiger partial charge in [0.15, 0.2) is 0 Å². The molecule has 0 aromatic heterocycles. The number of halogens is 1. The molecule has 3 nitrogen and oxygen atoms in total. The highest BCUT2D eigenvalue weighted by molar-refractivity contribution is 9.12. The summed E-state index contributed by atoms with van der Waals surface area (Å²) in [7, 11) is 0. The predicted octanol–water partition coefficient (Wildman–Crippen LogP) is 0.673. The van der Waals surface area contributed by atoms with Gasteiger partial charge >= 0.3 is 5.97 Å². The lowest BCUT2D eigenvalue weighted by molar-refractivity contribution is -0.141. The molecule has 1 aliphatic heterocycles. The van der Waals surface area contributed by atoms with Crippen LogP contribution in [-0.4, -0.2) is 24.8 Å². The van der Waals surface area contributed by atoms with Gasteiger partial charge in [0.25, 0.3) is 0 Å². The zero-order valence-corrected chi connectivity index (χ0v) is 7.55. The first-order valence-electron chi connectivity index (χ1n) is 3.14. The van der Waals surface area contributed by atoms with Gasteiger partial charge in [-0.2, -0.15) is 0 Å². The van der Waals surface area contributed by atoms with Gasteiger partial charge in [-0.3, -0.25) is 4.79 Å². The van der Waals surface area contributed by atoms with Crippen LogP contribution in [0.5, 0.6) is 0 Å². The second-order valence-corrected chi connectivity index (χ2v) is 2.53. The molecule has 0 aromatic carbocycles. The molecule has 1 fully saturated rings. The van der Waals surface area contributed by atoms with Crippen molar-refractivity contribution >= 4 is 21.9 Å². The average Bonchev–Trinajstić information content (AvgIpc) is 2.64. The van der Waals surface area contributed by atoms with Crippen LogP contribution >= 0.6 is 15.9 Å². The van der Waals surface area contributed by atoms with Crippen molar-refractivity contribution in [2.75, 3.05) is 6.61 Å². The van der Waals surface area contributed by atoms with Gasteiger partial charge in [-0.05, 0) is 4.83 Å². The number of carbonyl (C=O) groups is 1. The lowest BCUT2D eigenvalue weighted by atomic mass is 10.3. The molecule has 11 heavy (non-hydrogen) atoms. The smallest absolute Gasteiger partial charge is 0.302 e. The fourth-order valence-corrected chi connectivity index (χ4v) is 0.875. The van der Waals surface area contributed by atoms with Crippen LogP contribution in [0, 0.1) is 10.8 Å². The summed E-state index contributed by atoms with van der Waals surface area (Å²) in [5.41, 5.74) is 0. The zero-order chi connectivity index (χ0) is 8.27. The number of hydrogen-bond donors (Lipinski definition) is 0. The molecule has 1 heterocycles. The second-order valence-electron chi connectivity index (χ2n) is 2.14. The molecule has 1 saturated heterocycles. The standard InChI is InChI=1S/C7H7BrO3/c1-5(9)10-4-7-6(11-7)2-3-8/h6-7H,4H2,1H3. The summed E-state index contributed by atoms with van der Waals surface area (Å²) < 4.78 is 9.72. The van der Waals surface area contributed by atoms with Crippen LogP contribution in [0.4, 0.5) is 0 Å². The van der Waals surface area contributed by atoms with Crippen molar-refractivity contribution in [2.45, 2.75) is 19.1 Å². The van der Waals surface area contributed by atoms with Crippen LogP contribution in [0.15, 0.2) is 0 Å². The van der Waals surface area contributed by atoms with Crippen LogP contribution < -0.4 is 0 Å². The molecule has 60 valence electrons. The Balaban J connectivity index is 2.12. The van der Waals surface area contributed by atoms with Gasteiger partial charge in [0.05, 0.1) is 0 Å². The van der Waals surface area contributed by atoms with Crippen molar-refractivity contribution < 1.29 is 14.3 Å².